The Bertz CT molecular complexity index is 1640. The Balaban J connectivity index is 1.09. The van der Waals surface area contributed by atoms with Crippen LogP contribution in [0.1, 0.15) is 0 Å². The second-order valence-electron chi connectivity index (χ2n) is 8.99. The normalized spacial score (nSPS) is 17.2. The van der Waals surface area contributed by atoms with Crippen LogP contribution in [0.3, 0.4) is 0 Å². The highest BCUT2D eigenvalue weighted by Gasteiger charge is 2.36. The largest absolute Gasteiger partial charge is 0.326 e. The Morgan fingerprint density at radius 3 is 2.70 bits per heavy atom. The number of benzene rings is 3. The van der Waals surface area contributed by atoms with E-state index < -0.39 is 0 Å². The average Bonchev–Trinajstić information content (AvgIpc) is 3.43. The van der Waals surface area contributed by atoms with Gasteiger partial charge in [0.1, 0.15) is 0 Å². The van der Waals surface area contributed by atoms with Gasteiger partial charge in [-0.3, -0.25) is 9.69 Å². The van der Waals surface area contributed by atoms with Crippen molar-refractivity contribution in [1.29, 1.82) is 0 Å². The SMILES string of the molecule is O=C(CSc1cccc(NC(=O)N2c3ccccc3SC3C=CC=CC32)c1)Nc1nc(-c2ccccc2Cl)cs1. The summed E-state index contributed by atoms with van der Waals surface area (Å²) >= 11 is 10.8. The van der Waals surface area contributed by atoms with E-state index in [2.05, 4.69) is 27.8 Å². The molecular formula is C30H23ClN4O2S3. The molecule has 4 aromatic rings. The first kappa shape index (κ1) is 26.7. The number of allylic oxidation sites excluding steroid dienone is 2. The van der Waals surface area contributed by atoms with Gasteiger partial charge in [0.2, 0.25) is 5.91 Å². The van der Waals surface area contributed by atoms with E-state index in [0.717, 1.165) is 26.7 Å². The Labute approximate surface area is 249 Å². The smallest absolute Gasteiger partial charge is 0.307 e. The number of nitrogens with zero attached hydrogens (tertiary/aromatic N) is 2. The summed E-state index contributed by atoms with van der Waals surface area (Å²) in [5.41, 5.74) is 3.12. The third-order valence-corrected chi connectivity index (χ3v) is 9.71. The standard InChI is InChI=1S/C30H23ClN4O2S3/c31-22-11-2-1-10-21(22)23-17-39-29(33-23)34-28(36)18-38-20-9-7-8-19(16-20)32-30(37)35-24-12-3-5-14-26(24)40-27-15-6-4-13-25(27)35/h1-17,24,26H,18H2,(H,32,37)(H,33,34,36). The molecule has 2 N–H and O–H groups in total. The monoisotopic (exact) mass is 602 g/mol. The van der Waals surface area contributed by atoms with Crippen LogP contribution in [0.25, 0.3) is 11.3 Å². The molecule has 1 aromatic heterocycles. The summed E-state index contributed by atoms with van der Waals surface area (Å²) < 4.78 is 0. The van der Waals surface area contributed by atoms with E-state index in [0.29, 0.717) is 15.8 Å². The zero-order chi connectivity index (χ0) is 27.5. The zero-order valence-corrected chi connectivity index (χ0v) is 24.2. The molecular weight excluding hydrogens is 580 g/mol. The van der Waals surface area contributed by atoms with E-state index in [1.807, 2.05) is 95.2 Å². The quantitative estimate of drug-likeness (QED) is 0.218. The van der Waals surface area contributed by atoms with E-state index in [1.165, 1.54) is 23.1 Å². The van der Waals surface area contributed by atoms with E-state index in [1.54, 1.807) is 11.8 Å². The molecule has 0 radical (unpaired) electrons. The summed E-state index contributed by atoms with van der Waals surface area (Å²) in [6.07, 6.45) is 8.22. The van der Waals surface area contributed by atoms with Gasteiger partial charge in [-0.2, -0.15) is 0 Å². The number of anilines is 3. The molecule has 1 aliphatic heterocycles. The molecule has 1 aliphatic carbocycles. The number of thiazole rings is 1. The number of urea groups is 1. The molecule has 0 spiro atoms. The van der Waals surface area contributed by atoms with Gasteiger partial charge in [-0.1, -0.05) is 72.3 Å². The molecule has 0 fully saturated rings. The molecule has 6 rings (SSSR count). The highest BCUT2D eigenvalue weighted by molar-refractivity contribution is 8.00. The van der Waals surface area contributed by atoms with E-state index >= 15 is 0 Å². The Morgan fingerprint density at radius 1 is 0.975 bits per heavy atom. The van der Waals surface area contributed by atoms with Crippen molar-refractivity contribution >= 4 is 74.9 Å². The van der Waals surface area contributed by atoms with Gasteiger partial charge in [0.25, 0.3) is 0 Å². The number of thioether (sulfide) groups is 2. The van der Waals surface area contributed by atoms with Crippen molar-refractivity contribution in [3.63, 3.8) is 0 Å². The summed E-state index contributed by atoms with van der Waals surface area (Å²) in [6.45, 7) is 0. The van der Waals surface area contributed by atoms with Gasteiger partial charge in [-0.15, -0.1) is 34.9 Å². The second kappa shape index (κ2) is 11.9. The number of fused-ring (bicyclic) bond motifs is 2. The molecule has 2 unspecified atom stereocenters. The van der Waals surface area contributed by atoms with Crippen LogP contribution < -0.4 is 15.5 Å². The maximum absolute atomic E-state index is 13.6. The van der Waals surface area contributed by atoms with Crippen LogP contribution >= 0.6 is 46.5 Å². The summed E-state index contributed by atoms with van der Waals surface area (Å²) in [6, 6.07) is 22.7. The number of hydrogen-bond donors (Lipinski definition) is 2. The van der Waals surface area contributed by atoms with E-state index in [4.69, 9.17) is 11.6 Å². The first-order valence-corrected chi connectivity index (χ1v) is 15.6. The van der Waals surface area contributed by atoms with Crippen molar-refractivity contribution in [1.82, 2.24) is 4.98 Å². The van der Waals surface area contributed by atoms with Gasteiger partial charge in [0.15, 0.2) is 5.13 Å². The molecule has 2 aliphatic rings. The molecule has 2 atom stereocenters. The minimum absolute atomic E-state index is 0.0737. The lowest BCUT2D eigenvalue weighted by atomic mass is 10.1. The van der Waals surface area contributed by atoms with Crippen LogP contribution in [0.4, 0.5) is 21.3 Å². The van der Waals surface area contributed by atoms with Gasteiger partial charge < -0.3 is 10.6 Å². The summed E-state index contributed by atoms with van der Waals surface area (Å²) in [5, 5.41) is 9.09. The fourth-order valence-corrected chi connectivity index (χ4v) is 7.47. The Kier molecular flexibility index (Phi) is 7.97. The Hall–Kier alpha value is -3.50. The molecule has 0 bridgehead atoms. The van der Waals surface area contributed by atoms with Crippen molar-refractivity contribution < 1.29 is 9.59 Å². The second-order valence-corrected chi connectivity index (χ2v) is 12.5. The minimum atomic E-state index is -0.194. The molecule has 10 heteroatoms. The lowest BCUT2D eigenvalue weighted by Crippen LogP contribution is -2.49. The first-order chi connectivity index (χ1) is 19.5. The number of aromatic nitrogens is 1. The molecule has 2 heterocycles. The third-order valence-electron chi connectivity index (χ3n) is 6.32. The topological polar surface area (TPSA) is 74.3 Å². The number of carbonyl (C=O) groups is 2. The highest BCUT2D eigenvalue weighted by atomic mass is 35.5. The molecule has 0 saturated heterocycles. The fourth-order valence-electron chi connectivity index (χ4n) is 4.50. The number of para-hydroxylation sites is 1. The zero-order valence-electron chi connectivity index (χ0n) is 21.0. The van der Waals surface area contributed by atoms with Crippen LogP contribution in [-0.2, 0) is 4.79 Å². The molecule has 0 saturated carbocycles. The van der Waals surface area contributed by atoms with Crippen LogP contribution in [0, 0.1) is 0 Å². The first-order valence-electron chi connectivity index (χ1n) is 12.5. The van der Waals surface area contributed by atoms with Crippen LogP contribution in [0.15, 0.2) is 112 Å². The molecule has 3 amide bonds. The van der Waals surface area contributed by atoms with Crippen LogP contribution in [-0.4, -0.2) is 34.0 Å². The van der Waals surface area contributed by atoms with Crippen molar-refractivity contribution in [3.8, 4) is 11.3 Å². The average molecular weight is 603 g/mol. The lowest BCUT2D eigenvalue weighted by molar-refractivity contribution is -0.113. The number of rotatable bonds is 6. The van der Waals surface area contributed by atoms with Crippen molar-refractivity contribution in [2.45, 2.75) is 21.1 Å². The number of amides is 3. The maximum Gasteiger partial charge on any atom is 0.326 e. The lowest BCUT2D eigenvalue weighted by Gasteiger charge is -2.40. The summed E-state index contributed by atoms with van der Waals surface area (Å²) in [4.78, 5) is 34.5. The summed E-state index contributed by atoms with van der Waals surface area (Å²) in [5.74, 6) is 0.0424. The van der Waals surface area contributed by atoms with E-state index in [-0.39, 0.29) is 29.0 Å². The molecule has 200 valence electrons. The predicted octanol–water partition coefficient (Wildman–Crippen LogP) is 8.20. The van der Waals surface area contributed by atoms with Gasteiger partial charge in [0.05, 0.1) is 28.4 Å². The minimum Gasteiger partial charge on any atom is -0.307 e. The molecule has 40 heavy (non-hydrogen) atoms. The van der Waals surface area contributed by atoms with Gasteiger partial charge in [-0.25, -0.2) is 9.78 Å². The highest BCUT2D eigenvalue weighted by Crippen LogP contribution is 2.43. The maximum atomic E-state index is 13.6. The van der Waals surface area contributed by atoms with Crippen LogP contribution in [0.2, 0.25) is 5.02 Å². The number of carbonyl (C=O) groups excluding carboxylic acids is 2. The third kappa shape index (κ3) is 5.83. The van der Waals surface area contributed by atoms with Crippen molar-refractivity contribution in [2.24, 2.45) is 0 Å². The van der Waals surface area contributed by atoms with Crippen LogP contribution in [0.5, 0.6) is 0 Å². The molecule has 6 nitrogen and oxygen atoms in total. The predicted molar refractivity (Wildman–Crippen MR) is 168 cm³/mol. The van der Waals surface area contributed by atoms with Gasteiger partial charge >= 0.3 is 6.03 Å². The van der Waals surface area contributed by atoms with Gasteiger partial charge in [0, 0.05) is 31.4 Å². The number of hydrogen-bond acceptors (Lipinski definition) is 6. The van der Waals surface area contributed by atoms with Crippen molar-refractivity contribution in [2.75, 3.05) is 21.3 Å². The van der Waals surface area contributed by atoms with E-state index in [9.17, 15) is 9.59 Å². The van der Waals surface area contributed by atoms with Crippen molar-refractivity contribution in [3.05, 3.63) is 108 Å². The van der Waals surface area contributed by atoms with Gasteiger partial charge in [-0.05, 0) is 36.4 Å². The Morgan fingerprint density at radius 2 is 1.80 bits per heavy atom. The number of halogens is 1. The fraction of sp³-hybridized carbons (Fsp3) is 0.100. The summed E-state index contributed by atoms with van der Waals surface area (Å²) in [7, 11) is 0. The molecule has 3 aromatic carbocycles. The number of nitrogens with one attached hydrogen (secondary N) is 2.